The van der Waals surface area contributed by atoms with Gasteiger partial charge in [-0.1, -0.05) is 26.7 Å². The molecule has 1 aromatic rings. The SMILES string of the molecule is CC[C@@H](C)[C@H](NC(=O)[C@H]1CCCCN1C)C(=O)Oc1ccc([N+](=O)[O-])cc1. The minimum atomic E-state index is -0.770. The Labute approximate surface area is 159 Å². The molecule has 0 aromatic heterocycles. The van der Waals surface area contributed by atoms with E-state index in [-0.39, 0.29) is 29.3 Å². The lowest BCUT2D eigenvalue weighted by Crippen LogP contribution is -2.54. The molecule has 0 aliphatic carbocycles. The minimum Gasteiger partial charge on any atom is -0.425 e. The number of piperidine rings is 1. The lowest BCUT2D eigenvalue weighted by atomic mass is 9.97. The van der Waals surface area contributed by atoms with Gasteiger partial charge in [0.15, 0.2) is 0 Å². The number of hydrogen-bond acceptors (Lipinski definition) is 6. The molecule has 1 heterocycles. The van der Waals surface area contributed by atoms with Crippen molar-refractivity contribution in [2.75, 3.05) is 13.6 Å². The second-order valence-electron chi connectivity index (χ2n) is 7.04. The number of ether oxygens (including phenoxy) is 1. The minimum absolute atomic E-state index is 0.0816. The first-order valence-electron chi connectivity index (χ1n) is 9.30. The van der Waals surface area contributed by atoms with Gasteiger partial charge in [0.25, 0.3) is 5.69 Å². The molecular weight excluding hydrogens is 350 g/mol. The molecule has 0 bridgehead atoms. The van der Waals surface area contributed by atoms with Crippen molar-refractivity contribution in [2.24, 2.45) is 5.92 Å². The summed E-state index contributed by atoms with van der Waals surface area (Å²) in [6.45, 7) is 4.68. The van der Waals surface area contributed by atoms with Gasteiger partial charge in [0.2, 0.25) is 5.91 Å². The summed E-state index contributed by atoms with van der Waals surface area (Å²) in [6, 6.07) is 4.29. The van der Waals surface area contributed by atoms with E-state index in [1.54, 1.807) is 0 Å². The van der Waals surface area contributed by atoms with Crippen molar-refractivity contribution in [2.45, 2.75) is 51.6 Å². The van der Waals surface area contributed by atoms with Crippen LogP contribution in [0.2, 0.25) is 0 Å². The number of amides is 1. The van der Waals surface area contributed by atoms with Crippen molar-refractivity contribution in [3.05, 3.63) is 34.4 Å². The van der Waals surface area contributed by atoms with Crippen LogP contribution in [0.1, 0.15) is 39.5 Å². The molecule has 1 N–H and O–H groups in total. The molecule has 0 saturated carbocycles. The Morgan fingerprint density at radius 3 is 2.56 bits per heavy atom. The van der Waals surface area contributed by atoms with E-state index >= 15 is 0 Å². The third-order valence-corrected chi connectivity index (χ3v) is 5.10. The standard InChI is InChI=1S/C19H27N3O5/c1-4-13(2)17(20-18(23)16-7-5-6-12-21(16)3)19(24)27-15-10-8-14(9-11-15)22(25)26/h8-11,13,16-17H,4-7,12H2,1-3H3,(H,20,23)/t13-,16-,17+/m1/s1. The second-order valence-corrected chi connectivity index (χ2v) is 7.04. The highest BCUT2D eigenvalue weighted by atomic mass is 16.6. The molecule has 1 amide bonds. The molecule has 1 saturated heterocycles. The number of nitro groups is 1. The largest absolute Gasteiger partial charge is 0.425 e. The molecule has 3 atom stereocenters. The summed E-state index contributed by atoms with van der Waals surface area (Å²) in [5, 5.41) is 13.6. The zero-order valence-corrected chi connectivity index (χ0v) is 16.0. The summed E-state index contributed by atoms with van der Waals surface area (Å²) in [5.41, 5.74) is -0.0816. The molecule has 148 valence electrons. The molecule has 0 spiro atoms. The van der Waals surface area contributed by atoms with E-state index in [0.717, 1.165) is 25.8 Å². The van der Waals surface area contributed by atoms with Gasteiger partial charge in [0, 0.05) is 12.1 Å². The Hall–Kier alpha value is -2.48. The Balaban J connectivity index is 2.06. The molecule has 1 fully saturated rings. The normalized spacial score (nSPS) is 19.7. The highest BCUT2D eigenvalue weighted by Gasteiger charge is 2.32. The Morgan fingerprint density at radius 2 is 2.00 bits per heavy atom. The van der Waals surface area contributed by atoms with Crippen LogP contribution in [0.3, 0.4) is 0 Å². The quantitative estimate of drug-likeness (QED) is 0.339. The summed E-state index contributed by atoms with van der Waals surface area (Å²) in [6.07, 6.45) is 3.52. The third kappa shape index (κ3) is 5.50. The van der Waals surface area contributed by atoms with Crippen molar-refractivity contribution < 1.29 is 19.2 Å². The van der Waals surface area contributed by atoms with E-state index in [0.29, 0.717) is 6.42 Å². The van der Waals surface area contributed by atoms with Gasteiger partial charge in [-0.3, -0.25) is 19.8 Å². The van der Waals surface area contributed by atoms with Crippen LogP contribution in [0.15, 0.2) is 24.3 Å². The van der Waals surface area contributed by atoms with Gasteiger partial charge < -0.3 is 10.1 Å². The zero-order chi connectivity index (χ0) is 20.0. The van der Waals surface area contributed by atoms with Gasteiger partial charge in [-0.25, -0.2) is 4.79 Å². The number of nitro benzene ring substituents is 1. The molecule has 1 aliphatic heterocycles. The lowest BCUT2D eigenvalue weighted by molar-refractivity contribution is -0.384. The van der Waals surface area contributed by atoms with Crippen LogP contribution in [0.5, 0.6) is 5.75 Å². The average molecular weight is 377 g/mol. The molecule has 8 heteroatoms. The number of non-ortho nitro benzene ring substituents is 1. The first-order valence-corrected chi connectivity index (χ1v) is 9.30. The maximum Gasteiger partial charge on any atom is 0.334 e. The van der Waals surface area contributed by atoms with Crippen molar-refractivity contribution in [3.8, 4) is 5.75 Å². The summed E-state index contributed by atoms with van der Waals surface area (Å²) in [4.78, 5) is 37.5. The number of hydrogen-bond donors (Lipinski definition) is 1. The Kier molecular flexibility index (Phi) is 7.29. The highest BCUT2D eigenvalue weighted by molar-refractivity contribution is 5.88. The topological polar surface area (TPSA) is 102 Å². The van der Waals surface area contributed by atoms with E-state index in [4.69, 9.17) is 4.74 Å². The van der Waals surface area contributed by atoms with Crippen LogP contribution in [-0.2, 0) is 9.59 Å². The second kappa shape index (κ2) is 9.45. The number of nitrogens with zero attached hydrogens (tertiary/aromatic N) is 2. The fourth-order valence-corrected chi connectivity index (χ4v) is 3.14. The summed E-state index contributed by atoms with van der Waals surface area (Å²) in [5.74, 6) is -0.621. The molecule has 27 heavy (non-hydrogen) atoms. The first-order chi connectivity index (χ1) is 12.8. The van der Waals surface area contributed by atoms with Crippen LogP contribution in [0.25, 0.3) is 0 Å². The van der Waals surface area contributed by atoms with Crippen molar-refractivity contribution in [1.29, 1.82) is 0 Å². The van der Waals surface area contributed by atoms with E-state index in [2.05, 4.69) is 5.32 Å². The maximum atomic E-state index is 12.7. The fraction of sp³-hybridized carbons (Fsp3) is 0.579. The molecule has 2 rings (SSSR count). The van der Waals surface area contributed by atoms with Crippen molar-refractivity contribution in [3.63, 3.8) is 0 Å². The molecule has 0 unspecified atom stereocenters. The zero-order valence-electron chi connectivity index (χ0n) is 16.0. The fourth-order valence-electron chi connectivity index (χ4n) is 3.14. The summed E-state index contributed by atoms with van der Waals surface area (Å²) >= 11 is 0. The van der Waals surface area contributed by atoms with Crippen LogP contribution >= 0.6 is 0 Å². The Morgan fingerprint density at radius 1 is 1.33 bits per heavy atom. The van der Waals surface area contributed by atoms with Gasteiger partial charge in [-0.05, 0) is 44.5 Å². The predicted molar refractivity (Wildman–Crippen MR) is 100 cm³/mol. The van der Waals surface area contributed by atoms with E-state index in [1.807, 2.05) is 25.8 Å². The predicted octanol–water partition coefficient (Wildman–Crippen LogP) is 2.52. The summed E-state index contributed by atoms with van der Waals surface area (Å²) in [7, 11) is 1.91. The van der Waals surface area contributed by atoms with Crippen LogP contribution in [0, 0.1) is 16.0 Å². The maximum absolute atomic E-state index is 12.7. The molecule has 8 nitrogen and oxygen atoms in total. The number of rotatable bonds is 7. The third-order valence-electron chi connectivity index (χ3n) is 5.10. The number of nitrogens with one attached hydrogen (secondary N) is 1. The number of carbonyl (C=O) groups excluding carboxylic acids is 2. The average Bonchev–Trinajstić information content (AvgIpc) is 2.66. The van der Waals surface area contributed by atoms with Gasteiger partial charge in [0.1, 0.15) is 11.8 Å². The van der Waals surface area contributed by atoms with Crippen LogP contribution in [0.4, 0.5) is 5.69 Å². The smallest absolute Gasteiger partial charge is 0.334 e. The number of benzene rings is 1. The number of esters is 1. The number of likely N-dealkylation sites (N-methyl/N-ethyl adjacent to an activating group) is 1. The van der Waals surface area contributed by atoms with Gasteiger partial charge in [-0.2, -0.15) is 0 Å². The van der Waals surface area contributed by atoms with E-state index in [9.17, 15) is 19.7 Å². The number of likely N-dealkylation sites (tertiary alicyclic amines) is 1. The van der Waals surface area contributed by atoms with Gasteiger partial charge in [-0.15, -0.1) is 0 Å². The van der Waals surface area contributed by atoms with Gasteiger partial charge >= 0.3 is 5.97 Å². The summed E-state index contributed by atoms with van der Waals surface area (Å²) < 4.78 is 5.36. The van der Waals surface area contributed by atoms with Gasteiger partial charge in [0.05, 0.1) is 11.0 Å². The first kappa shape index (κ1) is 20.8. The van der Waals surface area contributed by atoms with Crippen LogP contribution in [-0.4, -0.2) is 47.4 Å². The highest BCUT2D eigenvalue weighted by Crippen LogP contribution is 2.20. The lowest BCUT2D eigenvalue weighted by Gasteiger charge is -2.33. The molecule has 1 aliphatic rings. The van der Waals surface area contributed by atoms with E-state index < -0.39 is 16.9 Å². The van der Waals surface area contributed by atoms with Crippen LogP contribution < -0.4 is 10.1 Å². The monoisotopic (exact) mass is 377 g/mol. The van der Waals surface area contributed by atoms with Crippen molar-refractivity contribution >= 4 is 17.6 Å². The van der Waals surface area contributed by atoms with E-state index in [1.165, 1.54) is 24.3 Å². The molecular formula is C19H27N3O5. The number of carbonyl (C=O) groups is 2. The van der Waals surface area contributed by atoms with Crippen molar-refractivity contribution in [1.82, 2.24) is 10.2 Å². The molecule has 1 aromatic carbocycles. The molecule has 0 radical (unpaired) electrons. The Bertz CT molecular complexity index is 676.